The molecule has 110 valence electrons. The van der Waals surface area contributed by atoms with Gasteiger partial charge in [0, 0.05) is 11.7 Å². The predicted octanol–water partition coefficient (Wildman–Crippen LogP) is 0.570. The standard InChI is InChI=1S/C14H17N5O2/c1-14(7-21-6-12(14)15)13(20)18-10-3-2-4-11(5-10)19-8-16-17-9-19/h2-5,8-9,12H,6-7,15H2,1H3,(H,18,20). The fraction of sp³-hybridized carbons (Fsp3) is 0.357. The highest BCUT2D eigenvalue weighted by Gasteiger charge is 2.44. The summed E-state index contributed by atoms with van der Waals surface area (Å²) < 4.78 is 7.07. The number of carbonyl (C=O) groups is 1. The Morgan fingerprint density at radius 1 is 1.48 bits per heavy atom. The summed E-state index contributed by atoms with van der Waals surface area (Å²) in [5, 5.41) is 10.4. The van der Waals surface area contributed by atoms with Crippen LogP contribution in [-0.4, -0.2) is 39.9 Å². The van der Waals surface area contributed by atoms with Crippen LogP contribution in [0.4, 0.5) is 5.69 Å². The van der Waals surface area contributed by atoms with Crippen LogP contribution in [0.3, 0.4) is 0 Å². The van der Waals surface area contributed by atoms with Crippen molar-refractivity contribution in [1.29, 1.82) is 0 Å². The lowest BCUT2D eigenvalue weighted by Crippen LogP contribution is -2.47. The van der Waals surface area contributed by atoms with Gasteiger partial charge >= 0.3 is 0 Å². The van der Waals surface area contributed by atoms with Gasteiger partial charge < -0.3 is 15.8 Å². The third kappa shape index (κ3) is 2.53. The van der Waals surface area contributed by atoms with Crippen LogP contribution in [0.5, 0.6) is 0 Å². The molecule has 21 heavy (non-hydrogen) atoms. The molecule has 1 saturated heterocycles. The molecule has 3 rings (SSSR count). The van der Waals surface area contributed by atoms with E-state index in [9.17, 15) is 4.79 Å². The Labute approximate surface area is 122 Å². The highest BCUT2D eigenvalue weighted by molar-refractivity contribution is 5.96. The fourth-order valence-corrected chi connectivity index (χ4v) is 2.27. The third-order valence-electron chi connectivity index (χ3n) is 3.86. The number of amides is 1. The zero-order valence-corrected chi connectivity index (χ0v) is 11.7. The summed E-state index contributed by atoms with van der Waals surface area (Å²) in [6.07, 6.45) is 3.20. The highest BCUT2D eigenvalue weighted by Crippen LogP contribution is 2.29. The van der Waals surface area contributed by atoms with Crippen molar-refractivity contribution in [2.24, 2.45) is 11.1 Å². The number of rotatable bonds is 3. The summed E-state index contributed by atoms with van der Waals surface area (Å²) >= 11 is 0. The van der Waals surface area contributed by atoms with Crippen molar-refractivity contribution < 1.29 is 9.53 Å². The first-order chi connectivity index (χ1) is 10.1. The van der Waals surface area contributed by atoms with E-state index in [1.54, 1.807) is 17.2 Å². The van der Waals surface area contributed by atoms with Crippen molar-refractivity contribution in [3.05, 3.63) is 36.9 Å². The third-order valence-corrected chi connectivity index (χ3v) is 3.86. The molecule has 2 heterocycles. The first-order valence-corrected chi connectivity index (χ1v) is 6.69. The van der Waals surface area contributed by atoms with Crippen LogP contribution in [0.25, 0.3) is 5.69 Å². The van der Waals surface area contributed by atoms with E-state index in [0.717, 1.165) is 5.69 Å². The van der Waals surface area contributed by atoms with Gasteiger partial charge in [-0.2, -0.15) is 0 Å². The lowest BCUT2D eigenvalue weighted by Gasteiger charge is -2.25. The highest BCUT2D eigenvalue weighted by atomic mass is 16.5. The van der Waals surface area contributed by atoms with Gasteiger partial charge in [0.25, 0.3) is 0 Å². The summed E-state index contributed by atoms with van der Waals surface area (Å²) in [7, 11) is 0. The van der Waals surface area contributed by atoms with E-state index in [1.165, 1.54) is 0 Å². The molecule has 7 heteroatoms. The van der Waals surface area contributed by atoms with Crippen LogP contribution in [0.2, 0.25) is 0 Å². The number of aromatic nitrogens is 3. The van der Waals surface area contributed by atoms with Crippen LogP contribution >= 0.6 is 0 Å². The van der Waals surface area contributed by atoms with Crippen molar-refractivity contribution in [3.8, 4) is 5.69 Å². The lowest BCUT2D eigenvalue weighted by atomic mass is 9.85. The van der Waals surface area contributed by atoms with Gasteiger partial charge in [-0.25, -0.2) is 0 Å². The van der Waals surface area contributed by atoms with Gasteiger partial charge in [-0.1, -0.05) is 6.07 Å². The number of anilines is 1. The maximum absolute atomic E-state index is 12.4. The molecule has 2 unspecified atom stereocenters. The zero-order valence-electron chi connectivity index (χ0n) is 11.7. The average molecular weight is 287 g/mol. The number of nitrogens with zero attached hydrogens (tertiary/aromatic N) is 3. The first kappa shape index (κ1) is 13.7. The second-order valence-corrected chi connectivity index (χ2v) is 5.41. The van der Waals surface area contributed by atoms with E-state index in [2.05, 4.69) is 15.5 Å². The molecule has 2 atom stereocenters. The van der Waals surface area contributed by atoms with Crippen molar-refractivity contribution in [1.82, 2.24) is 14.8 Å². The average Bonchev–Trinajstić information content (AvgIpc) is 3.11. The molecule has 0 spiro atoms. The van der Waals surface area contributed by atoms with Crippen LogP contribution < -0.4 is 11.1 Å². The number of benzene rings is 1. The number of nitrogens with two attached hydrogens (primary N) is 1. The Bertz CT molecular complexity index is 643. The van der Waals surface area contributed by atoms with Gasteiger partial charge in [0.1, 0.15) is 12.7 Å². The van der Waals surface area contributed by atoms with Gasteiger partial charge in [0.15, 0.2) is 0 Å². The van der Waals surface area contributed by atoms with Crippen LogP contribution in [-0.2, 0) is 9.53 Å². The van der Waals surface area contributed by atoms with Crippen molar-refractivity contribution in [3.63, 3.8) is 0 Å². The summed E-state index contributed by atoms with van der Waals surface area (Å²) in [4.78, 5) is 12.4. The number of hydrogen-bond acceptors (Lipinski definition) is 5. The Morgan fingerprint density at radius 2 is 2.24 bits per heavy atom. The van der Waals surface area contributed by atoms with E-state index in [0.29, 0.717) is 18.9 Å². The van der Waals surface area contributed by atoms with Gasteiger partial charge in [-0.3, -0.25) is 9.36 Å². The normalized spacial score (nSPS) is 25.0. The fourth-order valence-electron chi connectivity index (χ4n) is 2.27. The summed E-state index contributed by atoms with van der Waals surface area (Å²) in [6.45, 7) is 2.57. The molecule has 0 saturated carbocycles. The van der Waals surface area contributed by atoms with E-state index < -0.39 is 5.41 Å². The smallest absolute Gasteiger partial charge is 0.234 e. The quantitative estimate of drug-likeness (QED) is 0.860. The molecule has 1 aliphatic rings. The molecule has 0 bridgehead atoms. The zero-order chi connectivity index (χ0) is 14.9. The maximum Gasteiger partial charge on any atom is 0.234 e. The molecule has 1 fully saturated rings. The lowest BCUT2D eigenvalue weighted by molar-refractivity contribution is -0.125. The van der Waals surface area contributed by atoms with E-state index in [4.69, 9.17) is 10.5 Å². The second kappa shape index (κ2) is 5.27. The molecule has 1 aliphatic heterocycles. The second-order valence-electron chi connectivity index (χ2n) is 5.41. The molecule has 2 aromatic rings. The predicted molar refractivity (Wildman–Crippen MR) is 76.9 cm³/mol. The molecule has 0 radical (unpaired) electrons. The number of ether oxygens (including phenoxy) is 1. The Balaban J connectivity index is 1.79. The molecule has 7 nitrogen and oxygen atoms in total. The van der Waals surface area contributed by atoms with Crippen LogP contribution in [0.1, 0.15) is 6.92 Å². The Morgan fingerprint density at radius 3 is 2.90 bits per heavy atom. The largest absolute Gasteiger partial charge is 0.379 e. The van der Waals surface area contributed by atoms with Crippen LogP contribution in [0, 0.1) is 5.41 Å². The Hall–Kier alpha value is -2.25. The minimum absolute atomic E-state index is 0.131. The van der Waals surface area contributed by atoms with Gasteiger partial charge in [-0.15, -0.1) is 10.2 Å². The maximum atomic E-state index is 12.4. The summed E-state index contributed by atoms with van der Waals surface area (Å²) in [6, 6.07) is 7.16. The molecule has 3 N–H and O–H groups in total. The summed E-state index contributed by atoms with van der Waals surface area (Å²) in [5.74, 6) is -0.131. The number of carbonyl (C=O) groups excluding carboxylic acids is 1. The molecule has 1 amide bonds. The number of nitrogens with one attached hydrogen (secondary N) is 1. The molecule has 0 aliphatic carbocycles. The van der Waals surface area contributed by atoms with E-state index in [-0.39, 0.29) is 11.9 Å². The minimum Gasteiger partial charge on any atom is -0.379 e. The molecule has 1 aromatic carbocycles. The van der Waals surface area contributed by atoms with Crippen molar-refractivity contribution in [2.75, 3.05) is 18.5 Å². The molecular weight excluding hydrogens is 270 g/mol. The summed E-state index contributed by atoms with van der Waals surface area (Å²) in [5.41, 5.74) is 6.84. The molecular formula is C14H17N5O2. The first-order valence-electron chi connectivity index (χ1n) is 6.69. The van der Waals surface area contributed by atoms with Crippen molar-refractivity contribution >= 4 is 11.6 Å². The number of hydrogen-bond donors (Lipinski definition) is 2. The molecule has 1 aromatic heterocycles. The van der Waals surface area contributed by atoms with E-state index in [1.807, 2.05) is 31.2 Å². The van der Waals surface area contributed by atoms with Gasteiger partial charge in [-0.05, 0) is 25.1 Å². The van der Waals surface area contributed by atoms with E-state index >= 15 is 0 Å². The SMILES string of the molecule is CC1(C(=O)Nc2cccc(-n3cnnc3)c2)COCC1N. The Kier molecular flexibility index (Phi) is 3.44. The topological polar surface area (TPSA) is 95.1 Å². The minimum atomic E-state index is -0.702. The van der Waals surface area contributed by atoms with Gasteiger partial charge in [0.05, 0.1) is 24.3 Å². The van der Waals surface area contributed by atoms with Crippen LogP contribution in [0.15, 0.2) is 36.9 Å². The van der Waals surface area contributed by atoms with Gasteiger partial charge in [0.2, 0.25) is 5.91 Å². The van der Waals surface area contributed by atoms with Crippen molar-refractivity contribution in [2.45, 2.75) is 13.0 Å². The monoisotopic (exact) mass is 287 g/mol.